The molecule has 0 aliphatic carbocycles. The molecule has 0 saturated carbocycles. The number of imidazole rings is 1. The summed E-state index contributed by atoms with van der Waals surface area (Å²) in [6.45, 7) is 0.0727. The lowest BCUT2D eigenvalue weighted by atomic mass is 10.1. The number of halogens is 1. The molecule has 1 N–H and O–H groups in total. The quantitative estimate of drug-likeness (QED) is 0.755. The predicted octanol–water partition coefficient (Wildman–Crippen LogP) is 4.17. The van der Waals surface area contributed by atoms with E-state index in [1.807, 2.05) is 30.3 Å². The minimum Gasteiger partial charge on any atom is -0.477 e. The van der Waals surface area contributed by atoms with E-state index in [2.05, 4.69) is 4.98 Å². The summed E-state index contributed by atoms with van der Waals surface area (Å²) in [6, 6.07) is 16.4. The van der Waals surface area contributed by atoms with Crippen LogP contribution in [0.15, 0.2) is 54.6 Å². The molecule has 1 aromatic heterocycles. The number of hydrogen-bond donors (Lipinski definition) is 1. The molecule has 0 aliphatic heterocycles. The molecule has 122 valence electrons. The van der Waals surface area contributed by atoms with Crippen LogP contribution in [0.3, 0.4) is 0 Å². The van der Waals surface area contributed by atoms with Crippen LogP contribution >= 0.6 is 11.6 Å². The second kappa shape index (κ2) is 6.86. The van der Waals surface area contributed by atoms with Crippen LogP contribution in [0.5, 0.6) is 0 Å². The summed E-state index contributed by atoms with van der Waals surface area (Å²) in [7, 11) is 1.51. The minimum absolute atomic E-state index is 0.0452. The Kier molecular flexibility index (Phi) is 4.64. The number of carbonyl (C=O) groups is 1. The maximum atomic E-state index is 11.9. The highest BCUT2D eigenvalue weighted by molar-refractivity contribution is 6.33. The number of ether oxygens (including phenoxy) is 1. The Hall–Kier alpha value is -2.63. The van der Waals surface area contributed by atoms with Crippen molar-refractivity contribution in [2.75, 3.05) is 7.11 Å². The Morgan fingerprint density at radius 2 is 1.83 bits per heavy atom. The maximum Gasteiger partial charge on any atom is 0.354 e. The minimum atomic E-state index is -1.09. The lowest BCUT2D eigenvalue weighted by Gasteiger charge is -2.09. The van der Waals surface area contributed by atoms with Crippen LogP contribution in [-0.4, -0.2) is 27.7 Å². The van der Waals surface area contributed by atoms with E-state index in [4.69, 9.17) is 16.3 Å². The third-order valence-electron chi connectivity index (χ3n) is 3.59. The van der Waals surface area contributed by atoms with Gasteiger partial charge in [-0.3, -0.25) is 4.57 Å². The highest BCUT2D eigenvalue weighted by Gasteiger charge is 2.25. The van der Waals surface area contributed by atoms with Gasteiger partial charge in [-0.15, -0.1) is 0 Å². The first-order valence-corrected chi connectivity index (χ1v) is 7.64. The van der Waals surface area contributed by atoms with E-state index in [1.54, 1.807) is 24.3 Å². The molecule has 0 fully saturated rings. The third kappa shape index (κ3) is 2.91. The van der Waals surface area contributed by atoms with Crippen molar-refractivity contribution in [1.29, 1.82) is 0 Å². The van der Waals surface area contributed by atoms with Gasteiger partial charge in [-0.05, 0) is 6.07 Å². The molecule has 0 atom stereocenters. The second-order valence-corrected chi connectivity index (χ2v) is 5.54. The lowest BCUT2D eigenvalue weighted by molar-refractivity contribution is 0.0663. The van der Waals surface area contributed by atoms with E-state index in [0.717, 1.165) is 5.56 Å². The van der Waals surface area contributed by atoms with E-state index in [-0.39, 0.29) is 12.4 Å². The molecule has 2 aromatic carbocycles. The van der Waals surface area contributed by atoms with Gasteiger partial charge < -0.3 is 9.84 Å². The molecule has 0 spiro atoms. The number of benzene rings is 2. The zero-order chi connectivity index (χ0) is 17.1. The molecular weight excluding hydrogens is 328 g/mol. The average Bonchev–Trinajstić information content (AvgIpc) is 2.96. The van der Waals surface area contributed by atoms with Crippen LogP contribution in [0.2, 0.25) is 5.02 Å². The highest BCUT2D eigenvalue weighted by Crippen LogP contribution is 2.33. The summed E-state index contributed by atoms with van der Waals surface area (Å²) >= 11 is 6.25. The molecule has 0 radical (unpaired) electrons. The van der Waals surface area contributed by atoms with Crippen LogP contribution in [0.1, 0.15) is 10.5 Å². The van der Waals surface area contributed by atoms with Crippen LogP contribution < -0.4 is 0 Å². The monoisotopic (exact) mass is 342 g/mol. The molecule has 3 aromatic rings. The van der Waals surface area contributed by atoms with Crippen LogP contribution in [0, 0.1) is 0 Å². The summed E-state index contributed by atoms with van der Waals surface area (Å²) in [5, 5.41) is 10.2. The van der Waals surface area contributed by atoms with Gasteiger partial charge in [0.1, 0.15) is 18.2 Å². The molecule has 3 rings (SSSR count). The number of carboxylic acid groups (broad SMARTS) is 1. The van der Waals surface area contributed by atoms with Gasteiger partial charge >= 0.3 is 5.97 Å². The Labute approximate surface area is 144 Å². The average molecular weight is 343 g/mol. The van der Waals surface area contributed by atoms with E-state index < -0.39 is 5.97 Å². The Bertz CT molecular complexity index is 875. The summed E-state index contributed by atoms with van der Waals surface area (Å²) in [4.78, 5) is 16.5. The van der Waals surface area contributed by atoms with Crippen molar-refractivity contribution in [2.24, 2.45) is 0 Å². The molecule has 24 heavy (non-hydrogen) atoms. The summed E-state index contributed by atoms with van der Waals surface area (Å²) in [6.07, 6.45) is 0. The van der Waals surface area contributed by atoms with E-state index in [1.165, 1.54) is 11.7 Å². The molecular formula is C18H15ClN2O3. The topological polar surface area (TPSA) is 64.4 Å². The zero-order valence-corrected chi connectivity index (χ0v) is 13.7. The smallest absolute Gasteiger partial charge is 0.354 e. The number of aromatic carboxylic acids is 1. The SMILES string of the molecule is COCn1c(-c2ccccc2)nc(-c2ccccc2Cl)c1C(=O)O. The molecule has 0 amide bonds. The largest absolute Gasteiger partial charge is 0.477 e. The first-order chi connectivity index (χ1) is 11.6. The van der Waals surface area contributed by atoms with E-state index in [9.17, 15) is 9.90 Å². The second-order valence-electron chi connectivity index (χ2n) is 5.13. The van der Waals surface area contributed by atoms with Gasteiger partial charge in [-0.2, -0.15) is 0 Å². The summed E-state index contributed by atoms with van der Waals surface area (Å²) < 4.78 is 6.72. The van der Waals surface area contributed by atoms with Gasteiger partial charge in [0.05, 0.1) is 5.02 Å². The number of carboxylic acids is 1. The van der Waals surface area contributed by atoms with Gasteiger partial charge in [0, 0.05) is 18.2 Å². The number of aromatic nitrogens is 2. The molecule has 5 nitrogen and oxygen atoms in total. The van der Waals surface area contributed by atoms with Crippen molar-refractivity contribution in [3.8, 4) is 22.6 Å². The molecule has 0 saturated heterocycles. The van der Waals surface area contributed by atoms with Gasteiger partial charge in [0.15, 0.2) is 5.69 Å². The fourth-order valence-electron chi connectivity index (χ4n) is 2.57. The maximum absolute atomic E-state index is 11.9. The van der Waals surface area contributed by atoms with Crippen molar-refractivity contribution >= 4 is 17.6 Å². The Morgan fingerprint density at radius 3 is 2.46 bits per heavy atom. The first-order valence-electron chi connectivity index (χ1n) is 7.26. The molecule has 1 heterocycles. The number of nitrogens with zero attached hydrogens (tertiary/aromatic N) is 2. The Morgan fingerprint density at radius 1 is 1.17 bits per heavy atom. The Balaban J connectivity index is 2.30. The van der Waals surface area contributed by atoms with Crippen molar-refractivity contribution in [1.82, 2.24) is 9.55 Å². The molecule has 0 aliphatic rings. The van der Waals surface area contributed by atoms with E-state index in [0.29, 0.717) is 22.1 Å². The highest BCUT2D eigenvalue weighted by atomic mass is 35.5. The van der Waals surface area contributed by atoms with Crippen LogP contribution in [-0.2, 0) is 11.5 Å². The third-order valence-corrected chi connectivity index (χ3v) is 3.92. The summed E-state index contributed by atoms with van der Waals surface area (Å²) in [5.74, 6) is -0.568. The van der Waals surface area contributed by atoms with Crippen LogP contribution in [0.25, 0.3) is 22.6 Å². The number of hydrogen-bond acceptors (Lipinski definition) is 3. The van der Waals surface area contributed by atoms with Gasteiger partial charge in [0.2, 0.25) is 0 Å². The molecule has 0 bridgehead atoms. The molecule has 0 unspecified atom stereocenters. The summed E-state index contributed by atoms with van der Waals surface area (Å²) in [5.41, 5.74) is 1.74. The predicted molar refractivity (Wildman–Crippen MR) is 92.1 cm³/mol. The van der Waals surface area contributed by atoms with E-state index >= 15 is 0 Å². The van der Waals surface area contributed by atoms with Crippen molar-refractivity contribution < 1.29 is 14.6 Å². The lowest BCUT2D eigenvalue weighted by Crippen LogP contribution is -2.12. The fourth-order valence-corrected chi connectivity index (χ4v) is 2.80. The normalized spacial score (nSPS) is 10.8. The van der Waals surface area contributed by atoms with Gasteiger partial charge in [-0.25, -0.2) is 9.78 Å². The van der Waals surface area contributed by atoms with Gasteiger partial charge in [0.25, 0.3) is 0 Å². The zero-order valence-electron chi connectivity index (χ0n) is 12.9. The first kappa shape index (κ1) is 16.2. The number of rotatable bonds is 5. The van der Waals surface area contributed by atoms with Crippen molar-refractivity contribution in [2.45, 2.75) is 6.73 Å². The molecule has 6 heteroatoms. The van der Waals surface area contributed by atoms with Crippen LogP contribution in [0.4, 0.5) is 0 Å². The van der Waals surface area contributed by atoms with Crippen molar-refractivity contribution in [3.63, 3.8) is 0 Å². The van der Waals surface area contributed by atoms with Gasteiger partial charge in [-0.1, -0.05) is 60.1 Å². The fraction of sp³-hybridized carbons (Fsp3) is 0.111. The van der Waals surface area contributed by atoms with Crippen molar-refractivity contribution in [3.05, 3.63) is 65.3 Å². The number of methoxy groups -OCH3 is 1. The standard InChI is InChI=1S/C18H15ClN2O3/c1-24-11-21-16(18(22)23)15(13-9-5-6-10-14(13)19)20-17(21)12-7-3-2-4-8-12/h2-10H,11H2,1H3,(H,22,23).